The lowest BCUT2D eigenvalue weighted by Gasteiger charge is -2.13. The maximum atomic E-state index is 13.5. The van der Waals surface area contributed by atoms with Crippen molar-refractivity contribution in [1.29, 1.82) is 0 Å². The van der Waals surface area contributed by atoms with Gasteiger partial charge in [0.2, 0.25) is 0 Å². The minimum atomic E-state index is -0.358. The Morgan fingerprint density at radius 1 is 1.32 bits per heavy atom. The van der Waals surface area contributed by atoms with E-state index in [1.165, 1.54) is 23.6 Å². The molecule has 1 aromatic heterocycles. The van der Waals surface area contributed by atoms with Crippen molar-refractivity contribution >= 4 is 38.9 Å². The normalized spacial score (nSPS) is 12.5. The molecule has 0 bridgehead atoms. The molecule has 1 atom stereocenters. The number of thiophene rings is 1. The number of methoxy groups -OCH3 is 1. The minimum Gasteiger partial charge on any atom is -0.496 e. The Morgan fingerprint density at radius 2 is 2.00 bits per heavy atom. The van der Waals surface area contributed by atoms with Gasteiger partial charge in [-0.15, -0.1) is 22.9 Å². The van der Waals surface area contributed by atoms with Crippen LogP contribution in [0.15, 0.2) is 22.7 Å². The van der Waals surface area contributed by atoms with Gasteiger partial charge in [0.15, 0.2) is 0 Å². The van der Waals surface area contributed by atoms with Crippen molar-refractivity contribution in [2.24, 2.45) is 0 Å². The van der Waals surface area contributed by atoms with E-state index in [4.69, 9.17) is 16.3 Å². The Balaban J connectivity index is 2.48. The lowest BCUT2D eigenvalue weighted by Crippen LogP contribution is -1.97. The third kappa shape index (κ3) is 2.96. The molecule has 0 saturated carbocycles. The zero-order valence-electron chi connectivity index (χ0n) is 10.8. The number of hydrogen-bond acceptors (Lipinski definition) is 2. The topological polar surface area (TPSA) is 9.23 Å². The summed E-state index contributed by atoms with van der Waals surface area (Å²) in [6.45, 7) is 4.11. The molecule has 0 radical (unpaired) electrons. The van der Waals surface area contributed by atoms with Gasteiger partial charge in [-0.2, -0.15) is 0 Å². The van der Waals surface area contributed by atoms with E-state index in [1.807, 2.05) is 0 Å². The standard InChI is InChI=1S/C14H13BrClFOS/c1-7-4-13(19-8(7)2)14(16)9-5-10(15)11(17)6-12(9)18-3/h4-6,14H,1-3H3. The summed E-state index contributed by atoms with van der Waals surface area (Å²) in [6, 6.07) is 5.09. The molecular formula is C14H13BrClFOS. The van der Waals surface area contributed by atoms with E-state index in [1.54, 1.807) is 17.4 Å². The van der Waals surface area contributed by atoms with E-state index >= 15 is 0 Å². The fourth-order valence-corrected chi connectivity index (χ4v) is 3.57. The van der Waals surface area contributed by atoms with Gasteiger partial charge in [-0.1, -0.05) is 0 Å². The highest BCUT2D eigenvalue weighted by Crippen LogP contribution is 2.41. The Hall–Kier alpha value is -0.580. The Morgan fingerprint density at radius 3 is 2.53 bits per heavy atom. The largest absolute Gasteiger partial charge is 0.496 e. The van der Waals surface area contributed by atoms with Crippen LogP contribution in [0.3, 0.4) is 0 Å². The highest BCUT2D eigenvalue weighted by Gasteiger charge is 2.20. The average Bonchev–Trinajstić information content (AvgIpc) is 2.71. The quantitative estimate of drug-likeness (QED) is 0.645. The van der Waals surface area contributed by atoms with Crippen molar-refractivity contribution in [2.45, 2.75) is 19.2 Å². The molecule has 0 fully saturated rings. The Labute approximate surface area is 129 Å². The van der Waals surface area contributed by atoms with E-state index in [9.17, 15) is 4.39 Å². The van der Waals surface area contributed by atoms with E-state index in [0.29, 0.717) is 10.2 Å². The molecule has 0 aliphatic heterocycles. The first-order valence-electron chi connectivity index (χ1n) is 5.68. The first kappa shape index (κ1) is 14.8. The van der Waals surface area contributed by atoms with Gasteiger partial charge in [-0.25, -0.2) is 4.39 Å². The minimum absolute atomic E-state index is 0.343. The van der Waals surface area contributed by atoms with Crippen LogP contribution in [0.4, 0.5) is 4.39 Å². The summed E-state index contributed by atoms with van der Waals surface area (Å²) in [4.78, 5) is 2.27. The second-order valence-electron chi connectivity index (χ2n) is 4.26. The predicted octanol–water partition coefficient (Wildman–Crippen LogP) is 5.60. The highest BCUT2D eigenvalue weighted by atomic mass is 79.9. The molecule has 19 heavy (non-hydrogen) atoms. The maximum Gasteiger partial charge on any atom is 0.141 e. The number of hydrogen-bond donors (Lipinski definition) is 0. The number of halogens is 3. The molecule has 1 heterocycles. The zero-order chi connectivity index (χ0) is 14.2. The SMILES string of the molecule is COc1cc(F)c(Br)cc1C(Cl)c1cc(C)c(C)s1. The molecule has 0 saturated heterocycles. The van der Waals surface area contributed by atoms with Crippen LogP contribution >= 0.6 is 38.9 Å². The molecule has 0 aliphatic rings. The number of rotatable bonds is 3. The summed E-state index contributed by atoms with van der Waals surface area (Å²) < 4.78 is 19.1. The van der Waals surface area contributed by atoms with Crippen molar-refractivity contribution in [1.82, 2.24) is 0 Å². The van der Waals surface area contributed by atoms with Crippen molar-refractivity contribution < 1.29 is 9.13 Å². The van der Waals surface area contributed by atoms with Crippen LogP contribution in [0.2, 0.25) is 0 Å². The summed E-state index contributed by atoms with van der Waals surface area (Å²) in [5, 5.41) is -0.343. The lowest BCUT2D eigenvalue weighted by atomic mass is 10.1. The highest BCUT2D eigenvalue weighted by molar-refractivity contribution is 9.10. The summed E-state index contributed by atoms with van der Waals surface area (Å²) in [7, 11) is 1.51. The van der Waals surface area contributed by atoms with Gasteiger partial charge in [-0.3, -0.25) is 0 Å². The van der Waals surface area contributed by atoms with Crippen LogP contribution in [0.1, 0.15) is 26.3 Å². The molecular weight excluding hydrogens is 351 g/mol. The molecule has 0 N–H and O–H groups in total. The predicted molar refractivity (Wildman–Crippen MR) is 82.1 cm³/mol. The van der Waals surface area contributed by atoms with Crippen LogP contribution in [0.5, 0.6) is 5.75 Å². The van der Waals surface area contributed by atoms with Gasteiger partial charge in [-0.05, 0) is 47.5 Å². The molecule has 1 nitrogen and oxygen atoms in total. The maximum absolute atomic E-state index is 13.5. The number of aryl methyl sites for hydroxylation is 2. The van der Waals surface area contributed by atoms with Crippen LogP contribution < -0.4 is 4.74 Å². The first-order valence-corrected chi connectivity index (χ1v) is 7.72. The van der Waals surface area contributed by atoms with Crippen molar-refractivity contribution in [3.8, 4) is 5.75 Å². The molecule has 1 unspecified atom stereocenters. The van der Waals surface area contributed by atoms with Crippen LogP contribution in [0.25, 0.3) is 0 Å². The average molecular weight is 364 g/mol. The number of ether oxygens (including phenoxy) is 1. The summed E-state index contributed by atoms with van der Waals surface area (Å²) in [5.74, 6) is 0.104. The molecule has 0 aliphatic carbocycles. The number of alkyl halides is 1. The van der Waals surface area contributed by atoms with Gasteiger partial charge < -0.3 is 4.74 Å². The van der Waals surface area contributed by atoms with Gasteiger partial charge in [0.1, 0.15) is 11.6 Å². The molecule has 2 rings (SSSR count). The second kappa shape index (κ2) is 5.81. The van der Waals surface area contributed by atoms with E-state index in [0.717, 1.165) is 10.4 Å². The zero-order valence-corrected chi connectivity index (χ0v) is 13.9. The van der Waals surface area contributed by atoms with Gasteiger partial charge >= 0.3 is 0 Å². The van der Waals surface area contributed by atoms with Gasteiger partial charge in [0.25, 0.3) is 0 Å². The van der Waals surface area contributed by atoms with Crippen molar-refractivity contribution in [2.75, 3.05) is 7.11 Å². The molecule has 0 spiro atoms. The van der Waals surface area contributed by atoms with Crippen molar-refractivity contribution in [3.63, 3.8) is 0 Å². The first-order chi connectivity index (χ1) is 8.93. The van der Waals surface area contributed by atoms with Crippen LogP contribution in [-0.4, -0.2) is 7.11 Å². The molecule has 102 valence electrons. The van der Waals surface area contributed by atoms with E-state index in [-0.39, 0.29) is 11.2 Å². The monoisotopic (exact) mass is 362 g/mol. The van der Waals surface area contributed by atoms with Gasteiger partial charge in [0, 0.05) is 21.4 Å². The smallest absolute Gasteiger partial charge is 0.141 e. The molecule has 2 aromatic rings. The fourth-order valence-electron chi connectivity index (χ4n) is 1.80. The molecule has 5 heteroatoms. The summed E-state index contributed by atoms with van der Waals surface area (Å²) in [6.07, 6.45) is 0. The van der Waals surface area contributed by atoms with Gasteiger partial charge in [0.05, 0.1) is 17.0 Å². The third-order valence-electron chi connectivity index (χ3n) is 2.98. The van der Waals surface area contributed by atoms with Crippen LogP contribution in [-0.2, 0) is 0 Å². The summed E-state index contributed by atoms with van der Waals surface area (Å²) >= 11 is 11.3. The third-order valence-corrected chi connectivity index (χ3v) is 5.41. The second-order valence-corrected chi connectivity index (χ2v) is 6.84. The van der Waals surface area contributed by atoms with E-state index < -0.39 is 0 Å². The lowest BCUT2D eigenvalue weighted by molar-refractivity contribution is 0.406. The molecule has 0 amide bonds. The Kier molecular flexibility index (Phi) is 4.54. The van der Waals surface area contributed by atoms with Crippen molar-refractivity contribution in [3.05, 3.63) is 49.4 Å². The summed E-state index contributed by atoms with van der Waals surface area (Å²) in [5.41, 5.74) is 1.98. The fraction of sp³-hybridized carbons (Fsp3) is 0.286. The number of benzene rings is 1. The van der Waals surface area contributed by atoms with E-state index in [2.05, 4.69) is 35.8 Å². The van der Waals surface area contributed by atoms with Crippen LogP contribution in [0, 0.1) is 19.7 Å². The molecule has 1 aromatic carbocycles. The Bertz CT molecular complexity index is 592.